The molecule has 0 aliphatic rings. The molecule has 0 unspecified atom stereocenters. The van der Waals surface area contributed by atoms with Gasteiger partial charge in [-0.05, 0) is 29.8 Å². The zero-order valence-corrected chi connectivity index (χ0v) is 16.1. The van der Waals surface area contributed by atoms with Gasteiger partial charge in [-0.3, -0.25) is 4.99 Å². The molecule has 0 fully saturated rings. The maximum Gasteiger partial charge on any atom is 0.177 e. The first-order chi connectivity index (χ1) is 13.7. The summed E-state index contributed by atoms with van der Waals surface area (Å²) in [6.07, 6.45) is 3.29. The van der Waals surface area contributed by atoms with Crippen molar-refractivity contribution in [3.05, 3.63) is 87.3 Å². The van der Waals surface area contributed by atoms with Crippen molar-refractivity contribution in [3.63, 3.8) is 0 Å². The Morgan fingerprint density at radius 1 is 1.07 bits per heavy atom. The van der Waals surface area contributed by atoms with Gasteiger partial charge in [0.1, 0.15) is 5.52 Å². The largest absolute Gasteiger partial charge is 0.340 e. The van der Waals surface area contributed by atoms with E-state index in [0.29, 0.717) is 39.8 Å². The van der Waals surface area contributed by atoms with E-state index in [0.717, 1.165) is 16.6 Å². The predicted octanol–water partition coefficient (Wildman–Crippen LogP) is 4.09. The van der Waals surface area contributed by atoms with Gasteiger partial charge < -0.3 is 9.55 Å². The van der Waals surface area contributed by atoms with Gasteiger partial charge >= 0.3 is 0 Å². The van der Waals surface area contributed by atoms with Gasteiger partial charge in [-0.2, -0.15) is 5.26 Å². The summed E-state index contributed by atoms with van der Waals surface area (Å²) >= 11 is 12.6. The average molecular weight is 409 g/mol. The molecule has 0 spiro atoms. The number of H-pyrrole nitrogens is 1. The van der Waals surface area contributed by atoms with Gasteiger partial charge in [0.15, 0.2) is 11.1 Å². The van der Waals surface area contributed by atoms with Gasteiger partial charge in [0, 0.05) is 15.6 Å². The number of halogens is 2. The van der Waals surface area contributed by atoms with Crippen LogP contribution in [-0.4, -0.2) is 19.5 Å². The molecule has 1 N–H and O–H groups in total. The smallest absolute Gasteiger partial charge is 0.177 e. The second kappa shape index (κ2) is 7.85. The van der Waals surface area contributed by atoms with Crippen molar-refractivity contribution < 1.29 is 0 Å². The first-order valence-electron chi connectivity index (χ1n) is 8.46. The molecule has 0 aliphatic heterocycles. The van der Waals surface area contributed by atoms with E-state index >= 15 is 0 Å². The highest BCUT2D eigenvalue weighted by molar-refractivity contribution is 6.36. The fraction of sp³-hybridized carbons (Fsp3) is 0.100. The van der Waals surface area contributed by atoms with Crippen molar-refractivity contribution in [2.75, 3.05) is 0 Å². The zero-order valence-electron chi connectivity index (χ0n) is 14.6. The van der Waals surface area contributed by atoms with Crippen LogP contribution in [0.3, 0.4) is 0 Å². The Morgan fingerprint density at radius 3 is 2.54 bits per heavy atom. The van der Waals surface area contributed by atoms with Crippen LogP contribution < -0.4 is 5.49 Å². The standard InChI is InChI=1S/C20H14Cl2N6/c21-16-2-1-3-17(22)15(16)10-28-12-27-19(18-20(28)26-11-25-18)24-9-14-6-4-13(8-23)5-7-14/h1-7,11-12H,9-10H2,(H,25,26). The molecule has 0 saturated heterocycles. The van der Waals surface area contributed by atoms with E-state index in [1.165, 1.54) is 0 Å². The maximum atomic E-state index is 8.88. The molecule has 0 aliphatic carbocycles. The second-order valence-electron chi connectivity index (χ2n) is 6.12. The monoisotopic (exact) mass is 408 g/mol. The number of fused-ring (bicyclic) bond motifs is 1. The van der Waals surface area contributed by atoms with Crippen molar-refractivity contribution in [3.8, 4) is 6.07 Å². The van der Waals surface area contributed by atoms with E-state index in [9.17, 15) is 0 Å². The fourth-order valence-electron chi connectivity index (χ4n) is 2.85. The molecule has 2 aromatic heterocycles. The first-order valence-corrected chi connectivity index (χ1v) is 9.22. The van der Waals surface area contributed by atoms with Crippen LogP contribution in [-0.2, 0) is 13.1 Å². The molecular weight excluding hydrogens is 395 g/mol. The van der Waals surface area contributed by atoms with Crippen molar-refractivity contribution in [2.45, 2.75) is 13.1 Å². The van der Waals surface area contributed by atoms with Crippen molar-refractivity contribution in [1.82, 2.24) is 19.5 Å². The summed E-state index contributed by atoms with van der Waals surface area (Å²) in [6.45, 7) is 0.899. The van der Waals surface area contributed by atoms with Gasteiger partial charge in [-0.25, -0.2) is 9.97 Å². The highest BCUT2D eigenvalue weighted by atomic mass is 35.5. The molecular formula is C20H14Cl2N6. The first kappa shape index (κ1) is 18.2. The van der Waals surface area contributed by atoms with E-state index in [1.54, 1.807) is 36.9 Å². The summed E-state index contributed by atoms with van der Waals surface area (Å²) in [5, 5.41) is 10.1. The summed E-state index contributed by atoms with van der Waals surface area (Å²) in [6, 6.07) is 14.8. The summed E-state index contributed by atoms with van der Waals surface area (Å²) in [4.78, 5) is 16.6. The number of imidazole rings is 1. The molecule has 138 valence electrons. The van der Waals surface area contributed by atoms with Crippen LogP contribution >= 0.6 is 23.2 Å². The molecule has 28 heavy (non-hydrogen) atoms. The third-order valence-corrected chi connectivity index (χ3v) is 5.03. The number of hydrogen-bond acceptors (Lipinski definition) is 4. The van der Waals surface area contributed by atoms with E-state index in [-0.39, 0.29) is 0 Å². The molecule has 8 heteroatoms. The van der Waals surface area contributed by atoms with E-state index < -0.39 is 0 Å². The summed E-state index contributed by atoms with van der Waals surface area (Å²) in [7, 11) is 0. The van der Waals surface area contributed by atoms with Gasteiger partial charge in [0.25, 0.3) is 0 Å². The molecule has 4 aromatic rings. The summed E-state index contributed by atoms with van der Waals surface area (Å²) in [5.41, 5.74) is 4.44. The molecule has 2 aromatic carbocycles. The van der Waals surface area contributed by atoms with E-state index in [2.05, 4.69) is 26.0 Å². The second-order valence-corrected chi connectivity index (χ2v) is 6.94. The Bertz CT molecular complexity index is 1230. The lowest BCUT2D eigenvalue weighted by molar-refractivity contribution is 0.782. The number of rotatable bonds is 4. The number of aromatic amines is 1. The fourth-order valence-corrected chi connectivity index (χ4v) is 3.37. The number of nitrogens with zero attached hydrogens (tertiary/aromatic N) is 5. The Balaban J connectivity index is 1.68. The van der Waals surface area contributed by atoms with E-state index in [1.807, 2.05) is 22.8 Å². The molecule has 6 nitrogen and oxygen atoms in total. The molecule has 0 atom stereocenters. The van der Waals surface area contributed by atoms with Gasteiger partial charge in [-0.15, -0.1) is 0 Å². The lowest BCUT2D eigenvalue weighted by Gasteiger charge is -2.10. The molecule has 0 saturated carbocycles. The third kappa shape index (κ3) is 3.63. The van der Waals surface area contributed by atoms with Crippen LogP contribution in [0.15, 0.2) is 60.1 Å². The summed E-state index contributed by atoms with van der Waals surface area (Å²) in [5.74, 6) is 0. The Morgan fingerprint density at radius 2 is 1.82 bits per heavy atom. The van der Waals surface area contributed by atoms with Crippen molar-refractivity contribution >= 4 is 34.4 Å². The zero-order chi connectivity index (χ0) is 19.5. The Hall–Kier alpha value is -3.14. The number of benzene rings is 2. The molecule has 0 radical (unpaired) electrons. The quantitative estimate of drug-likeness (QED) is 0.551. The minimum atomic E-state index is 0.447. The third-order valence-electron chi connectivity index (χ3n) is 4.32. The van der Waals surface area contributed by atoms with Gasteiger partial charge in [-0.1, -0.05) is 41.4 Å². The summed E-state index contributed by atoms with van der Waals surface area (Å²) < 4.78 is 1.87. The topological polar surface area (TPSA) is 82.7 Å². The van der Waals surface area contributed by atoms with Gasteiger partial charge in [0.2, 0.25) is 0 Å². The lowest BCUT2D eigenvalue weighted by Crippen LogP contribution is -2.15. The maximum absolute atomic E-state index is 8.88. The molecule has 0 amide bonds. The van der Waals surface area contributed by atoms with Crippen LogP contribution in [0.2, 0.25) is 10.0 Å². The predicted molar refractivity (Wildman–Crippen MR) is 108 cm³/mol. The Kier molecular flexibility index (Phi) is 5.11. The average Bonchev–Trinajstić information content (AvgIpc) is 3.21. The van der Waals surface area contributed by atoms with Crippen LogP contribution in [0.5, 0.6) is 0 Å². The molecule has 0 bridgehead atoms. The van der Waals surface area contributed by atoms with Crippen LogP contribution in [0.25, 0.3) is 11.2 Å². The number of aromatic nitrogens is 4. The number of nitriles is 1. The van der Waals surface area contributed by atoms with Crippen LogP contribution in [0, 0.1) is 11.3 Å². The Labute approximate surface area is 170 Å². The van der Waals surface area contributed by atoms with Gasteiger partial charge in [0.05, 0.1) is 37.4 Å². The number of hydrogen-bond donors (Lipinski definition) is 1. The molecule has 2 heterocycles. The van der Waals surface area contributed by atoms with Crippen molar-refractivity contribution in [2.24, 2.45) is 4.99 Å². The highest BCUT2D eigenvalue weighted by Crippen LogP contribution is 2.25. The highest BCUT2D eigenvalue weighted by Gasteiger charge is 2.10. The molecule has 4 rings (SSSR count). The minimum Gasteiger partial charge on any atom is -0.340 e. The normalized spacial score (nSPS) is 11.7. The van der Waals surface area contributed by atoms with E-state index in [4.69, 9.17) is 28.5 Å². The lowest BCUT2D eigenvalue weighted by atomic mass is 10.1. The minimum absolute atomic E-state index is 0.447. The number of nitrogens with one attached hydrogen (secondary N) is 1. The van der Waals surface area contributed by atoms with Crippen LogP contribution in [0.4, 0.5) is 0 Å². The van der Waals surface area contributed by atoms with Crippen LogP contribution in [0.1, 0.15) is 16.7 Å². The van der Waals surface area contributed by atoms with Crippen molar-refractivity contribution in [1.29, 1.82) is 5.26 Å². The SMILES string of the molecule is N#Cc1ccc(CN=c2ncn(Cc3c(Cl)cccc3Cl)c3nc[nH]c23)cc1.